The lowest BCUT2D eigenvalue weighted by Gasteiger charge is -2.26. The van der Waals surface area contributed by atoms with Gasteiger partial charge in [0.15, 0.2) is 5.58 Å². The number of thiophene rings is 2. The summed E-state index contributed by atoms with van der Waals surface area (Å²) in [4.78, 5) is 6.91. The van der Waals surface area contributed by atoms with Crippen LogP contribution in [0.25, 0.3) is 84.2 Å². The fourth-order valence-electron chi connectivity index (χ4n) is 12.8. The molecule has 0 fully saturated rings. The van der Waals surface area contributed by atoms with Crippen LogP contribution in [0.3, 0.4) is 0 Å². The molecule has 14 aromatic carbocycles. The predicted molar refractivity (Wildman–Crippen MR) is 411 cm³/mol. The first kappa shape index (κ1) is 59.6. The first-order valence-corrected chi connectivity index (χ1v) is 34.5. The highest BCUT2D eigenvalue weighted by atomic mass is 79.9. The molecule has 95 heavy (non-hydrogen) atoms. The highest BCUT2D eigenvalue weighted by Gasteiger charge is 2.21. The molecule has 456 valence electrons. The van der Waals surface area contributed by atoms with E-state index in [4.69, 9.17) is 32.0 Å². The number of rotatable bonds is 11. The number of anilines is 9. The van der Waals surface area contributed by atoms with Crippen molar-refractivity contribution >= 4 is 197 Å². The third-order valence-electron chi connectivity index (χ3n) is 17.1. The van der Waals surface area contributed by atoms with Gasteiger partial charge in [-0.2, -0.15) is 0 Å². The number of benzene rings is 14. The van der Waals surface area contributed by atoms with E-state index < -0.39 is 0 Å². The third kappa shape index (κ3) is 12.0. The number of hydrogen-bond acceptors (Lipinski definition) is 7. The molecule has 18 rings (SSSR count). The van der Waals surface area contributed by atoms with Crippen molar-refractivity contribution in [3.63, 3.8) is 0 Å². The van der Waals surface area contributed by atoms with Gasteiger partial charge in [-0.1, -0.05) is 199 Å². The van der Waals surface area contributed by atoms with Crippen LogP contribution in [0.1, 0.15) is 11.1 Å². The third-order valence-corrected chi connectivity index (χ3v) is 20.5. The van der Waals surface area contributed by atoms with Crippen molar-refractivity contribution in [2.75, 3.05) is 14.7 Å². The highest BCUT2D eigenvalue weighted by molar-refractivity contribution is 9.10. The molecule has 0 saturated heterocycles. The molecule has 0 aliphatic rings. The molecule has 4 heterocycles. The Morgan fingerprint density at radius 3 is 1.17 bits per heavy atom. The van der Waals surface area contributed by atoms with E-state index >= 15 is 0 Å². The quantitative estimate of drug-likeness (QED) is 0.129. The van der Waals surface area contributed by atoms with Gasteiger partial charge in [-0.25, -0.2) is 0 Å². The zero-order valence-corrected chi connectivity index (χ0v) is 55.7. The van der Waals surface area contributed by atoms with Crippen LogP contribution in [0.4, 0.5) is 51.2 Å². The normalized spacial score (nSPS) is 11.4. The molecule has 0 N–H and O–H groups in total. The first-order chi connectivity index (χ1) is 46.8. The van der Waals surface area contributed by atoms with E-state index in [-0.39, 0.29) is 0 Å². The molecule has 0 saturated carbocycles. The van der Waals surface area contributed by atoms with Crippen molar-refractivity contribution in [3.05, 3.63) is 353 Å². The van der Waals surface area contributed by atoms with Crippen LogP contribution >= 0.6 is 61.8 Å². The summed E-state index contributed by atoms with van der Waals surface area (Å²) in [5.74, 6) is 0. The van der Waals surface area contributed by atoms with Crippen LogP contribution in [0.2, 0.25) is 10.0 Å². The molecule has 0 unspecified atom stereocenters. The molecule has 18 aromatic rings. The van der Waals surface area contributed by atoms with Crippen molar-refractivity contribution in [3.8, 4) is 0 Å². The highest BCUT2D eigenvalue weighted by Crippen LogP contribution is 2.47. The Hall–Kier alpha value is -10.4. The number of nitrogens with zero attached hydrogens (tertiary/aromatic N) is 3. The van der Waals surface area contributed by atoms with Gasteiger partial charge in [0.2, 0.25) is 0 Å². The van der Waals surface area contributed by atoms with Gasteiger partial charge < -0.3 is 23.5 Å². The number of halogens is 3. The fourth-order valence-corrected chi connectivity index (χ4v) is 16.2. The largest absolute Gasteiger partial charge is 0.455 e. The minimum absolute atomic E-state index is 0.589. The Morgan fingerprint density at radius 2 is 0.663 bits per heavy atom. The molecule has 0 atom stereocenters. The van der Waals surface area contributed by atoms with Crippen molar-refractivity contribution in [1.82, 2.24) is 0 Å². The van der Waals surface area contributed by atoms with Gasteiger partial charge in [-0.15, -0.1) is 22.7 Å². The average molecular weight is 1370 g/mol. The van der Waals surface area contributed by atoms with E-state index in [2.05, 4.69) is 291 Å². The zero-order valence-electron chi connectivity index (χ0n) is 51.0. The zero-order chi connectivity index (χ0) is 63.8. The van der Waals surface area contributed by atoms with Gasteiger partial charge in [0.05, 0.1) is 9.50 Å². The maximum atomic E-state index is 6.91. The second-order valence-corrected chi connectivity index (χ2v) is 27.1. The Kier molecular flexibility index (Phi) is 16.4. The number of para-hydroxylation sites is 7. The maximum Gasteiger partial charge on any atom is 0.154 e. The lowest BCUT2D eigenvalue weighted by atomic mass is 10.0. The van der Waals surface area contributed by atoms with Gasteiger partial charge in [-0.05, 0) is 185 Å². The summed E-state index contributed by atoms with van der Waals surface area (Å²) in [7, 11) is 0. The molecule has 5 nitrogen and oxygen atoms in total. The Morgan fingerprint density at radius 1 is 0.274 bits per heavy atom. The number of furan rings is 2. The molecular formula is C85H56BrCl2N3O2S2. The predicted octanol–water partition coefficient (Wildman–Crippen LogP) is 27.7. The summed E-state index contributed by atoms with van der Waals surface area (Å²) >= 11 is 20.1. The van der Waals surface area contributed by atoms with E-state index in [1.807, 2.05) is 89.4 Å². The van der Waals surface area contributed by atoms with E-state index in [0.29, 0.717) is 15.6 Å². The number of hydrogen-bond donors (Lipinski definition) is 0. The molecular weight excluding hydrogens is 1310 g/mol. The molecule has 10 heteroatoms. The van der Waals surface area contributed by atoms with E-state index in [0.717, 1.165) is 94.7 Å². The molecule has 0 radical (unpaired) electrons. The van der Waals surface area contributed by atoms with Gasteiger partial charge >= 0.3 is 0 Å². The summed E-state index contributed by atoms with van der Waals surface area (Å²) in [6.07, 6.45) is 0.964. The van der Waals surface area contributed by atoms with Gasteiger partial charge in [0.25, 0.3) is 0 Å². The number of fused-ring (bicyclic) bond motifs is 12. The summed E-state index contributed by atoms with van der Waals surface area (Å²) in [6, 6.07) is 115. The molecule has 0 aliphatic carbocycles. The van der Waals surface area contributed by atoms with Crippen LogP contribution < -0.4 is 14.7 Å². The molecule has 0 spiro atoms. The SMILES string of the molecule is Clc1cc(Br)c2oc3ccccc3c2c1.Clc1cc(N(c2ccccc2)c2ccc3c(c2)sc2ccc(N(c4ccccc4)c4ccccc4)cc23)cc2c1oc1ccccc12.c1ccc(Cc2ccc3c(c2)sc2ccc(N(c4ccccc4)c4ccccc4)cc23)cc1. The topological polar surface area (TPSA) is 36.0 Å². The molecule has 4 aromatic heterocycles. The van der Waals surface area contributed by atoms with Crippen LogP contribution in [-0.2, 0) is 6.42 Å². The lowest BCUT2D eigenvalue weighted by Crippen LogP contribution is -2.09. The summed E-state index contributed by atoms with van der Waals surface area (Å²) in [6.45, 7) is 0. The van der Waals surface area contributed by atoms with E-state index in [1.165, 1.54) is 57.2 Å². The lowest BCUT2D eigenvalue weighted by molar-refractivity contribution is 0.667. The Balaban J connectivity index is 0.000000128. The van der Waals surface area contributed by atoms with Crippen LogP contribution in [0.15, 0.2) is 341 Å². The molecule has 0 bridgehead atoms. The minimum atomic E-state index is 0.589. The van der Waals surface area contributed by atoms with Crippen LogP contribution in [-0.4, -0.2) is 0 Å². The smallest absolute Gasteiger partial charge is 0.154 e. The van der Waals surface area contributed by atoms with E-state index in [9.17, 15) is 0 Å². The Bertz CT molecular complexity index is 5690. The minimum Gasteiger partial charge on any atom is -0.455 e. The van der Waals surface area contributed by atoms with Crippen LogP contribution in [0, 0.1) is 0 Å². The summed E-state index contributed by atoms with van der Waals surface area (Å²) in [5.41, 5.74) is 15.9. The monoisotopic (exact) mass is 1360 g/mol. The summed E-state index contributed by atoms with van der Waals surface area (Å²) in [5, 5.41) is 10.6. The van der Waals surface area contributed by atoms with Crippen molar-refractivity contribution < 1.29 is 8.83 Å². The first-order valence-electron chi connectivity index (χ1n) is 31.3. The maximum absolute atomic E-state index is 6.91. The molecule has 0 aliphatic heterocycles. The second-order valence-electron chi connectivity index (χ2n) is 23.2. The fraction of sp³-hybridized carbons (Fsp3) is 0.0118. The average Bonchev–Trinajstić information content (AvgIpc) is 1.66. The Labute approximate surface area is 575 Å². The molecule has 0 amide bonds. The van der Waals surface area contributed by atoms with Crippen LogP contribution in [0.5, 0.6) is 0 Å². The van der Waals surface area contributed by atoms with Gasteiger partial charge in [-0.3, -0.25) is 0 Å². The van der Waals surface area contributed by atoms with Crippen molar-refractivity contribution in [2.45, 2.75) is 6.42 Å². The standard InChI is InChI=1S/C42H27ClN2OS.C31H23NS.C12H6BrClO/c43-38-26-33(25-37-34-18-10-11-19-39(34)46-42(37)38)45(30-16-8-3-9-17-30)32-20-22-35-36-24-31(21-23-40(36)47-41(35)27-32)44(28-12-4-1-5-13-28)29-14-6-2-7-15-29;1-4-10-23(11-5-1)20-24-16-18-28-29-22-27(17-19-30(29)33-31(28)21-24)32(25-12-6-2-7-13-25)26-14-8-3-9-15-26;13-10-6-7(14)5-9-8-3-1-2-4-11(8)15-12(9)10/h1-27H;1-19,21-22H,20H2;1-6H. The van der Waals surface area contributed by atoms with Crippen molar-refractivity contribution in [2.24, 2.45) is 0 Å². The summed E-state index contributed by atoms with van der Waals surface area (Å²) < 4.78 is 17.9. The van der Waals surface area contributed by atoms with Gasteiger partial charge in [0, 0.05) is 118 Å². The van der Waals surface area contributed by atoms with E-state index in [1.54, 1.807) is 0 Å². The van der Waals surface area contributed by atoms with Gasteiger partial charge in [0.1, 0.15) is 16.7 Å². The van der Waals surface area contributed by atoms with Crippen molar-refractivity contribution in [1.29, 1.82) is 0 Å². The second kappa shape index (κ2) is 26.2.